The minimum Gasteiger partial charge on any atom is -0.391 e. The van der Waals surface area contributed by atoms with Crippen LogP contribution in [0.25, 0.3) is 0 Å². The molecular weight excluding hydrogens is 180 g/mol. The Morgan fingerprint density at radius 2 is 1.92 bits per heavy atom. The maximum atomic E-state index is 10.3. The molecule has 0 aliphatic heterocycles. The van der Waals surface area contributed by atoms with Crippen molar-refractivity contribution in [1.29, 1.82) is 0 Å². The second kappa shape index (κ2) is 2.66. The number of fused-ring (bicyclic) bond motifs is 2. The van der Waals surface area contributed by atoms with E-state index in [9.17, 15) is 5.11 Å². The number of hydrogen-bond donors (Lipinski definition) is 1. The normalized spacial score (nSPS) is 52.8. The third kappa shape index (κ3) is 0.940. The molecule has 0 aromatic rings. The SMILES string of the molecule is CS[C@H]1[C@H]2CC[C@@](C)([C@@H]1O)C2(C)C. The quantitative estimate of drug-likeness (QED) is 0.702. The highest BCUT2D eigenvalue weighted by atomic mass is 32.2. The molecule has 0 unspecified atom stereocenters. The molecule has 0 aromatic heterocycles. The van der Waals surface area contributed by atoms with Crippen LogP contribution in [-0.4, -0.2) is 22.7 Å². The lowest BCUT2D eigenvalue weighted by molar-refractivity contribution is 0.0148. The Hall–Kier alpha value is 0.310. The monoisotopic (exact) mass is 200 g/mol. The van der Waals surface area contributed by atoms with Gasteiger partial charge in [0.25, 0.3) is 0 Å². The molecule has 0 radical (unpaired) electrons. The molecule has 2 saturated carbocycles. The predicted octanol–water partition coefficient (Wildman–Crippen LogP) is 2.54. The summed E-state index contributed by atoms with van der Waals surface area (Å²) in [6.07, 6.45) is 4.57. The lowest BCUT2D eigenvalue weighted by atomic mass is 9.70. The van der Waals surface area contributed by atoms with Crippen LogP contribution < -0.4 is 0 Å². The van der Waals surface area contributed by atoms with Crippen molar-refractivity contribution in [3.8, 4) is 0 Å². The molecule has 76 valence electrons. The Labute approximate surface area is 85.3 Å². The summed E-state index contributed by atoms with van der Waals surface area (Å²) in [6.45, 7) is 6.95. The van der Waals surface area contributed by atoms with Crippen LogP contribution in [0.15, 0.2) is 0 Å². The summed E-state index contributed by atoms with van der Waals surface area (Å²) >= 11 is 1.85. The van der Waals surface area contributed by atoms with E-state index in [0.717, 1.165) is 5.92 Å². The smallest absolute Gasteiger partial charge is 0.0720 e. The zero-order valence-corrected chi connectivity index (χ0v) is 9.82. The van der Waals surface area contributed by atoms with Gasteiger partial charge in [-0.3, -0.25) is 0 Å². The van der Waals surface area contributed by atoms with Gasteiger partial charge < -0.3 is 5.11 Å². The summed E-state index contributed by atoms with van der Waals surface area (Å²) in [5.41, 5.74) is 0.505. The molecule has 4 atom stereocenters. The van der Waals surface area contributed by atoms with Crippen LogP contribution in [0.2, 0.25) is 0 Å². The Morgan fingerprint density at radius 3 is 2.23 bits per heavy atom. The van der Waals surface area contributed by atoms with Gasteiger partial charge in [-0.2, -0.15) is 11.8 Å². The Balaban J connectivity index is 2.39. The molecule has 0 saturated heterocycles. The van der Waals surface area contributed by atoms with Gasteiger partial charge in [0.15, 0.2) is 0 Å². The summed E-state index contributed by atoms with van der Waals surface area (Å²) in [7, 11) is 0. The fourth-order valence-corrected chi connectivity index (χ4v) is 4.90. The van der Waals surface area contributed by atoms with Crippen LogP contribution in [0.5, 0.6) is 0 Å². The molecule has 2 rings (SSSR count). The van der Waals surface area contributed by atoms with Crippen molar-refractivity contribution >= 4 is 11.8 Å². The standard InChI is InChI=1S/C11H20OS/c1-10(2)7-5-6-11(10,3)9(12)8(7)13-4/h7-9,12H,5-6H2,1-4H3/t7-,8+,9-,11+/m1/s1. The van der Waals surface area contributed by atoms with Crippen LogP contribution in [0.4, 0.5) is 0 Å². The van der Waals surface area contributed by atoms with E-state index in [1.165, 1.54) is 12.8 Å². The molecule has 2 fully saturated rings. The molecule has 1 nitrogen and oxygen atoms in total. The third-order valence-corrected chi connectivity index (χ3v) is 6.14. The number of hydrogen-bond acceptors (Lipinski definition) is 2. The Kier molecular flexibility index (Phi) is 2.02. The molecule has 2 aliphatic rings. The minimum absolute atomic E-state index is 0.0868. The van der Waals surface area contributed by atoms with Crippen LogP contribution in [0.1, 0.15) is 33.6 Å². The van der Waals surface area contributed by atoms with Crippen molar-refractivity contribution in [1.82, 2.24) is 0 Å². The van der Waals surface area contributed by atoms with Crippen molar-refractivity contribution < 1.29 is 5.11 Å². The molecule has 1 N–H and O–H groups in total. The second-order valence-electron chi connectivity index (χ2n) is 5.43. The molecule has 13 heavy (non-hydrogen) atoms. The number of aliphatic hydroxyl groups is 1. The number of rotatable bonds is 1. The molecule has 2 aliphatic carbocycles. The van der Waals surface area contributed by atoms with E-state index in [1.54, 1.807) is 0 Å². The summed E-state index contributed by atoms with van der Waals surface area (Å²) in [5, 5.41) is 10.7. The second-order valence-corrected chi connectivity index (χ2v) is 6.45. The third-order valence-electron chi connectivity index (χ3n) is 5.01. The van der Waals surface area contributed by atoms with Gasteiger partial charge in [0.2, 0.25) is 0 Å². The molecule has 0 heterocycles. The summed E-state index contributed by atoms with van der Waals surface area (Å²) in [6, 6.07) is 0. The summed E-state index contributed by atoms with van der Waals surface area (Å²) in [5.74, 6) is 0.725. The highest BCUT2D eigenvalue weighted by Gasteiger charge is 2.65. The van der Waals surface area contributed by atoms with Crippen LogP contribution in [-0.2, 0) is 0 Å². The first-order valence-electron chi connectivity index (χ1n) is 5.16. The van der Waals surface area contributed by atoms with E-state index in [0.29, 0.717) is 10.7 Å². The van der Waals surface area contributed by atoms with Crippen LogP contribution in [0, 0.1) is 16.7 Å². The molecule has 0 spiro atoms. The Bertz CT molecular complexity index is 226. The van der Waals surface area contributed by atoms with Crippen molar-refractivity contribution in [2.24, 2.45) is 16.7 Å². The molecule has 2 bridgehead atoms. The maximum absolute atomic E-state index is 10.3. The highest BCUT2D eigenvalue weighted by molar-refractivity contribution is 7.99. The fraction of sp³-hybridized carbons (Fsp3) is 1.00. The first kappa shape index (κ1) is 9.85. The van der Waals surface area contributed by atoms with Gasteiger partial charge in [-0.05, 0) is 35.8 Å². The van der Waals surface area contributed by atoms with Gasteiger partial charge in [-0.25, -0.2) is 0 Å². The van der Waals surface area contributed by atoms with E-state index in [-0.39, 0.29) is 11.5 Å². The molecule has 0 amide bonds. The van der Waals surface area contributed by atoms with E-state index < -0.39 is 0 Å². The van der Waals surface area contributed by atoms with Gasteiger partial charge in [-0.1, -0.05) is 20.8 Å². The average molecular weight is 200 g/mol. The zero-order valence-electron chi connectivity index (χ0n) is 9.00. The van der Waals surface area contributed by atoms with Crippen LogP contribution >= 0.6 is 11.8 Å². The molecule has 2 heteroatoms. The summed E-state index contributed by atoms with van der Waals surface area (Å²) in [4.78, 5) is 0. The van der Waals surface area contributed by atoms with Gasteiger partial charge in [0.05, 0.1) is 6.10 Å². The number of aliphatic hydroxyl groups excluding tert-OH is 1. The lowest BCUT2D eigenvalue weighted by Crippen LogP contribution is -2.38. The van der Waals surface area contributed by atoms with Gasteiger partial charge >= 0.3 is 0 Å². The fourth-order valence-electron chi connectivity index (χ4n) is 3.54. The predicted molar refractivity (Wildman–Crippen MR) is 57.9 cm³/mol. The van der Waals surface area contributed by atoms with Crippen molar-refractivity contribution in [3.05, 3.63) is 0 Å². The maximum Gasteiger partial charge on any atom is 0.0720 e. The van der Waals surface area contributed by atoms with Crippen molar-refractivity contribution in [2.45, 2.75) is 45.0 Å². The number of thioether (sulfide) groups is 1. The first-order chi connectivity index (χ1) is 5.95. The van der Waals surface area contributed by atoms with Gasteiger partial charge in [0, 0.05) is 5.25 Å². The lowest BCUT2D eigenvalue weighted by Gasteiger charge is -2.37. The largest absolute Gasteiger partial charge is 0.391 e. The molecular formula is C11H20OS. The van der Waals surface area contributed by atoms with Crippen molar-refractivity contribution in [2.75, 3.05) is 6.26 Å². The average Bonchev–Trinajstić information content (AvgIpc) is 2.36. The highest BCUT2D eigenvalue weighted by Crippen LogP contribution is 2.67. The van der Waals surface area contributed by atoms with E-state index in [2.05, 4.69) is 27.0 Å². The minimum atomic E-state index is -0.0868. The van der Waals surface area contributed by atoms with Gasteiger partial charge in [0.1, 0.15) is 0 Å². The first-order valence-corrected chi connectivity index (χ1v) is 6.45. The van der Waals surface area contributed by atoms with Crippen molar-refractivity contribution in [3.63, 3.8) is 0 Å². The van der Waals surface area contributed by atoms with E-state index in [1.807, 2.05) is 11.8 Å². The zero-order chi connectivity index (χ0) is 9.85. The Morgan fingerprint density at radius 1 is 1.31 bits per heavy atom. The van der Waals surface area contributed by atoms with E-state index >= 15 is 0 Å². The van der Waals surface area contributed by atoms with E-state index in [4.69, 9.17) is 0 Å². The van der Waals surface area contributed by atoms with Gasteiger partial charge in [-0.15, -0.1) is 0 Å². The van der Waals surface area contributed by atoms with Crippen LogP contribution in [0.3, 0.4) is 0 Å². The molecule has 0 aromatic carbocycles. The summed E-state index contributed by atoms with van der Waals surface area (Å²) < 4.78 is 0. The topological polar surface area (TPSA) is 20.2 Å².